The van der Waals surface area contributed by atoms with Crippen LogP contribution in [-0.2, 0) is 30.8 Å². The molecule has 0 aromatic heterocycles. The smallest absolute Gasteiger partial charge is 0.248 e. The molecule has 1 heterocycles. The van der Waals surface area contributed by atoms with Gasteiger partial charge in [0.15, 0.2) is 0 Å². The number of carbonyl (C=O) groups excluding carboxylic acids is 1. The van der Waals surface area contributed by atoms with Crippen LogP contribution < -0.4 is 0 Å². The van der Waals surface area contributed by atoms with Gasteiger partial charge in [0.25, 0.3) is 0 Å². The van der Waals surface area contributed by atoms with E-state index in [1.165, 1.54) is 30.3 Å². The van der Waals surface area contributed by atoms with Gasteiger partial charge in [-0.05, 0) is 55.9 Å². The molecule has 1 saturated carbocycles. The highest BCUT2D eigenvalue weighted by atomic mass is 32.2. The fourth-order valence-electron chi connectivity index (χ4n) is 5.69. The van der Waals surface area contributed by atoms with Gasteiger partial charge in [0.2, 0.25) is 15.9 Å². The van der Waals surface area contributed by atoms with Crippen molar-refractivity contribution in [1.29, 1.82) is 0 Å². The van der Waals surface area contributed by atoms with E-state index in [1.54, 1.807) is 19.9 Å². The Morgan fingerprint density at radius 3 is 2.41 bits per heavy atom. The maximum Gasteiger partial charge on any atom is 0.248 e. The van der Waals surface area contributed by atoms with Crippen LogP contribution >= 0.6 is 0 Å². The summed E-state index contributed by atoms with van der Waals surface area (Å²) in [7, 11) is 1.09. The van der Waals surface area contributed by atoms with E-state index in [-0.39, 0.29) is 36.6 Å². The highest BCUT2D eigenvalue weighted by molar-refractivity contribution is 7.93. The number of likely N-dealkylation sites (N-methyl/N-ethyl adjacent to an activating group) is 2. The normalized spacial score (nSPS) is 21.3. The summed E-state index contributed by atoms with van der Waals surface area (Å²) >= 11 is 0. The van der Waals surface area contributed by atoms with Crippen molar-refractivity contribution in [3.63, 3.8) is 0 Å². The summed E-state index contributed by atoms with van der Waals surface area (Å²) < 4.78 is 38.1. The van der Waals surface area contributed by atoms with Crippen LogP contribution in [0.1, 0.15) is 38.7 Å². The van der Waals surface area contributed by atoms with Crippen molar-refractivity contribution in [2.75, 3.05) is 67.1 Å². The Hall–Kier alpha value is -2.50. The lowest BCUT2D eigenvalue weighted by molar-refractivity contribution is -0.136. The molecular weight excluding hydrogens is 540 g/mol. The minimum absolute atomic E-state index is 0.0670. The van der Waals surface area contributed by atoms with E-state index in [9.17, 15) is 13.2 Å². The molecule has 0 bridgehead atoms. The maximum absolute atomic E-state index is 13.1. The number of amides is 1. The number of carbonyl (C=O) groups is 1. The van der Waals surface area contributed by atoms with Gasteiger partial charge in [0.05, 0.1) is 24.9 Å². The van der Waals surface area contributed by atoms with Crippen molar-refractivity contribution >= 4 is 15.9 Å². The van der Waals surface area contributed by atoms with E-state index in [0.29, 0.717) is 17.2 Å². The average Bonchev–Trinajstić information content (AvgIpc) is 3.44. The number of benzene rings is 1. The van der Waals surface area contributed by atoms with Crippen LogP contribution in [0.5, 0.6) is 0 Å². The number of nitrogens with zero attached hydrogens (tertiary/aromatic N) is 4. The summed E-state index contributed by atoms with van der Waals surface area (Å²) in [5, 5.41) is 0. The van der Waals surface area contributed by atoms with Gasteiger partial charge in [0.1, 0.15) is 6.61 Å². The van der Waals surface area contributed by atoms with Crippen molar-refractivity contribution < 1.29 is 22.7 Å². The third-order valence-corrected chi connectivity index (χ3v) is 10.3. The van der Waals surface area contributed by atoms with Crippen LogP contribution in [0.4, 0.5) is 0 Å². The Kier molecular flexibility index (Phi) is 12.6. The van der Waals surface area contributed by atoms with E-state index in [4.69, 9.17) is 9.47 Å². The quantitative estimate of drug-likeness (QED) is 0.187. The standard InChI is InChI=1S/C31H48N4O5S/c1-25(2)31(26(3)14-20-39-6)41(37,38)32(4)19-21-40-24-30(36)33(5)28-12-13-29(22-28)35-17-15-34(16-18-35)23-27-10-8-7-9-11-27/h7-11,14,20,28-29H,1,12-13,15-19,21-24H2,2-6H3/b20-14+,31-26+/t28-,29+/m1/s1. The fourth-order valence-corrected chi connectivity index (χ4v) is 7.23. The van der Waals surface area contributed by atoms with Crippen molar-refractivity contribution in [3.05, 3.63) is 70.9 Å². The van der Waals surface area contributed by atoms with Gasteiger partial charge in [-0.1, -0.05) is 36.9 Å². The minimum atomic E-state index is -3.77. The number of sulfonamides is 1. The van der Waals surface area contributed by atoms with Gasteiger partial charge in [-0.25, -0.2) is 8.42 Å². The molecule has 0 spiro atoms. The number of allylic oxidation sites excluding steroid dienone is 3. The van der Waals surface area contributed by atoms with Crippen LogP contribution in [0.25, 0.3) is 0 Å². The molecule has 1 amide bonds. The zero-order valence-corrected chi connectivity index (χ0v) is 26.2. The lowest BCUT2D eigenvalue weighted by atomic mass is 10.1. The molecule has 3 rings (SSSR count). The number of hydrogen-bond acceptors (Lipinski definition) is 7. The van der Waals surface area contributed by atoms with Crippen molar-refractivity contribution in [2.45, 2.75) is 51.7 Å². The van der Waals surface area contributed by atoms with Gasteiger partial charge in [-0.2, -0.15) is 4.31 Å². The third-order valence-electron chi connectivity index (χ3n) is 8.13. The molecule has 1 aromatic carbocycles. The summed E-state index contributed by atoms with van der Waals surface area (Å²) in [4.78, 5) is 19.9. The Morgan fingerprint density at radius 1 is 1.10 bits per heavy atom. The molecule has 2 aliphatic rings. The predicted molar refractivity (Wildman–Crippen MR) is 164 cm³/mol. The van der Waals surface area contributed by atoms with Crippen molar-refractivity contribution in [2.24, 2.45) is 0 Å². The van der Waals surface area contributed by atoms with Crippen LogP contribution in [-0.4, -0.2) is 113 Å². The number of piperazine rings is 1. The Morgan fingerprint density at radius 2 is 1.78 bits per heavy atom. The second-order valence-electron chi connectivity index (χ2n) is 11.1. The molecule has 228 valence electrons. The molecule has 1 aliphatic carbocycles. The monoisotopic (exact) mass is 588 g/mol. The number of methoxy groups -OCH3 is 1. The first-order valence-corrected chi connectivity index (χ1v) is 15.8. The first-order valence-electron chi connectivity index (χ1n) is 14.4. The van der Waals surface area contributed by atoms with Crippen LogP contribution in [0.2, 0.25) is 0 Å². The van der Waals surface area contributed by atoms with Gasteiger partial charge in [-0.3, -0.25) is 14.6 Å². The molecule has 10 heteroatoms. The van der Waals surface area contributed by atoms with Gasteiger partial charge < -0.3 is 14.4 Å². The molecule has 9 nitrogen and oxygen atoms in total. The molecule has 1 aromatic rings. The van der Waals surface area contributed by atoms with Crippen LogP contribution in [0.15, 0.2) is 65.3 Å². The molecule has 0 radical (unpaired) electrons. The number of hydrogen-bond donors (Lipinski definition) is 0. The zero-order valence-electron chi connectivity index (χ0n) is 25.4. The summed E-state index contributed by atoms with van der Waals surface area (Å²) in [6.45, 7) is 12.6. The molecular formula is C31H48N4O5S. The van der Waals surface area contributed by atoms with Gasteiger partial charge >= 0.3 is 0 Å². The zero-order chi connectivity index (χ0) is 30.0. The lowest BCUT2D eigenvalue weighted by Gasteiger charge is -2.38. The molecule has 1 saturated heterocycles. The topological polar surface area (TPSA) is 82.6 Å². The number of rotatable bonds is 14. The van der Waals surface area contributed by atoms with E-state index in [1.807, 2.05) is 11.9 Å². The molecule has 0 unspecified atom stereocenters. The van der Waals surface area contributed by atoms with E-state index < -0.39 is 10.0 Å². The minimum Gasteiger partial charge on any atom is -0.504 e. The van der Waals surface area contributed by atoms with Crippen LogP contribution in [0, 0.1) is 0 Å². The fraction of sp³-hybridized carbons (Fsp3) is 0.581. The largest absolute Gasteiger partial charge is 0.504 e. The molecule has 0 N–H and O–H groups in total. The Balaban J connectivity index is 1.40. The summed E-state index contributed by atoms with van der Waals surface area (Å²) in [5.74, 6) is -0.0723. The summed E-state index contributed by atoms with van der Waals surface area (Å²) in [6, 6.07) is 11.3. The van der Waals surface area contributed by atoms with E-state index >= 15 is 0 Å². The van der Waals surface area contributed by atoms with E-state index in [0.717, 1.165) is 52.0 Å². The second-order valence-corrected chi connectivity index (χ2v) is 13.1. The van der Waals surface area contributed by atoms with Crippen LogP contribution in [0.3, 0.4) is 0 Å². The molecule has 2 fully saturated rings. The van der Waals surface area contributed by atoms with Gasteiger partial charge in [-0.15, -0.1) is 0 Å². The molecule has 1 aliphatic heterocycles. The van der Waals surface area contributed by atoms with E-state index in [2.05, 4.69) is 46.7 Å². The van der Waals surface area contributed by atoms with Crippen molar-refractivity contribution in [1.82, 2.24) is 19.0 Å². The lowest BCUT2D eigenvalue weighted by Crippen LogP contribution is -2.49. The highest BCUT2D eigenvalue weighted by Gasteiger charge is 2.34. The average molecular weight is 589 g/mol. The second kappa shape index (κ2) is 15.7. The Labute approximate surface area is 247 Å². The molecule has 2 atom stereocenters. The summed E-state index contributed by atoms with van der Waals surface area (Å²) in [5.41, 5.74) is 2.33. The predicted octanol–water partition coefficient (Wildman–Crippen LogP) is 3.47. The molecule has 41 heavy (non-hydrogen) atoms. The maximum atomic E-state index is 13.1. The third kappa shape index (κ3) is 9.24. The Bertz CT molecular complexity index is 1180. The van der Waals surface area contributed by atoms with Crippen molar-refractivity contribution in [3.8, 4) is 0 Å². The summed E-state index contributed by atoms with van der Waals surface area (Å²) in [6.07, 6.45) is 6.10. The first-order chi connectivity index (χ1) is 19.5. The number of ether oxygens (including phenoxy) is 2. The highest BCUT2D eigenvalue weighted by Crippen LogP contribution is 2.29. The SMILES string of the molecule is C=C(C)/C(=C(C)\C=C\OC)S(=O)(=O)N(C)CCOCC(=O)N(C)[C@@H]1CC[C@H](N2CCN(Cc3ccccc3)CC2)C1. The van der Waals surface area contributed by atoms with Gasteiger partial charge in [0, 0.05) is 65.4 Å². The first kappa shape index (κ1) is 33.0.